The summed E-state index contributed by atoms with van der Waals surface area (Å²) in [5.41, 5.74) is 3.00. The van der Waals surface area contributed by atoms with Gasteiger partial charge in [0.25, 0.3) is 5.91 Å². The molecule has 0 radical (unpaired) electrons. The van der Waals surface area contributed by atoms with Crippen LogP contribution in [0.15, 0.2) is 48.7 Å². The zero-order valence-electron chi connectivity index (χ0n) is 18.2. The molecule has 1 fully saturated rings. The van der Waals surface area contributed by atoms with Crippen LogP contribution in [0.1, 0.15) is 22.8 Å². The molecule has 1 N–H and O–H groups in total. The van der Waals surface area contributed by atoms with Gasteiger partial charge in [-0.2, -0.15) is 0 Å². The highest BCUT2D eigenvalue weighted by atomic mass is 16.6. The highest BCUT2D eigenvalue weighted by Crippen LogP contribution is 2.31. The first-order valence-electron chi connectivity index (χ1n) is 11.2. The number of hydrogen-bond donors (Lipinski definition) is 1. The predicted octanol–water partition coefficient (Wildman–Crippen LogP) is 2.90. The van der Waals surface area contributed by atoms with E-state index in [0.717, 1.165) is 22.9 Å². The zero-order chi connectivity index (χ0) is 22.1. The minimum Gasteiger partial charge on any atom is -0.485 e. The Morgan fingerprint density at radius 1 is 1.03 bits per heavy atom. The summed E-state index contributed by atoms with van der Waals surface area (Å²) in [6.07, 6.45) is 2.12. The minimum atomic E-state index is -0.628. The maximum absolute atomic E-state index is 13.0. The van der Waals surface area contributed by atoms with E-state index in [1.165, 1.54) is 5.56 Å². The van der Waals surface area contributed by atoms with Crippen molar-refractivity contribution in [2.24, 2.45) is 0 Å². The van der Waals surface area contributed by atoms with E-state index in [-0.39, 0.29) is 18.3 Å². The SMILES string of the molecule is CCc1cccc2c(C(=O)CN3CCN(C(=O)[C@H]4COc5ccccc5O4)CC3)c[nH]c12. The molecule has 0 unspecified atom stereocenters. The summed E-state index contributed by atoms with van der Waals surface area (Å²) in [6, 6.07) is 13.5. The van der Waals surface area contributed by atoms with Gasteiger partial charge in [-0.05, 0) is 24.1 Å². The van der Waals surface area contributed by atoms with Gasteiger partial charge in [-0.15, -0.1) is 0 Å². The van der Waals surface area contributed by atoms with Gasteiger partial charge < -0.3 is 19.4 Å². The fraction of sp³-hybridized carbons (Fsp3) is 0.360. The van der Waals surface area contributed by atoms with Crippen LogP contribution >= 0.6 is 0 Å². The molecule has 5 rings (SSSR count). The van der Waals surface area contributed by atoms with Gasteiger partial charge in [-0.3, -0.25) is 14.5 Å². The molecule has 3 aromatic rings. The Kier molecular flexibility index (Phi) is 5.57. The summed E-state index contributed by atoms with van der Waals surface area (Å²) in [5, 5.41) is 0.984. The zero-order valence-corrected chi connectivity index (χ0v) is 18.2. The lowest BCUT2D eigenvalue weighted by Gasteiger charge is -2.36. The monoisotopic (exact) mass is 433 g/mol. The van der Waals surface area contributed by atoms with Crippen molar-refractivity contribution in [2.45, 2.75) is 19.4 Å². The van der Waals surface area contributed by atoms with E-state index < -0.39 is 6.10 Å². The van der Waals surface area contributed by atoms with Crippen LogP contribution in [-0.4, -0.2) is 71.9 Å². The Balaban J connectivity index is 1.18. The second-order valence-electron chi connectivity index (χ2n) is 8.28. The number of aromatic amines is 1. The predicted molar refractivity (Wildman–Crippen MR) is 121 cm³/mol. The van der Waals surface area contributed by atoms with E-state index in [9.17, 15) is 9.59 Å². The number of aryl methyl sites for hydroxylation is 1. The third-order valence-electron chi connectivity index (χ3n) is 6.32. The van der Waals surface area contributed by atoms with Crippen molar-refractivity contribution >= 4 is 22.6 Å². The third-order valence-corrected chi connectivity index (χ3v) is 6.32. The first-order chi connectivity index (χ1) is 15.6. The van der Waals surface area contributed by atoms with E-state index >= 15 is 0 Å². The van der Waals surface area contributed by atoms with E-state index in [2.05, 4.69) is 22.9 Å². The summed E-state index contributed by atoms with van der Waals surface area (Å²) in [4.78, 5) is 33.1. The molecular weight excluding hydrogens is 406 g/mol. The number of carbonyl (C=O) groups excluding carboxylic acids is 2. The van der Waals surface area contributed by atoms with Crippen LogP contribution in [0.2, 0.25) is 0 Å². The molecule has 1 aromatic heterocycles. The molecule has 7 heteroatoms. The Bertz CT molecular complexity index is 1150. The van der Waals surface area contributed by atoms with Crippen LogP contribution in [0.4, 0.5) is 0 Å². The summed E-state index contributed by atoms with van der Waals surface area (Å²) in [6.45, 7) is 5.13. The number of rotatable bonds is 5. The minimum absolute atomic E-state index is 0.0609. The first-order valence-corrected chi connectivity index (χ1v) is 11.2. The lowest BCUT2D eigenvalue weighted by Crippen LogP contribution is -2.54. The number of ketones is 1. The molecule has 0 spiro atoms. The number of ether oxygens (including phenoxy) is 2. The Hall–Kier alpha value is -3.32. The van der Waals surface area contributed by atoms with Crippen LogP contribution in [0.5, 0.6) is 11.5 Å². The third kappa shape index (κ3) is 3.84. The number of Topliss-reactive ketones (excluding diaryl/α,β-unsaturated/α-hetero) is 1. The average molecular weight is 434 g/mol. The topological polar surface area (TPSA) is 74.9 Å². The number of piperazine rings is 1. The van der Waals surface area contributed by atoms with Gasteiger partial charge in [0.05, 0.1) is 6.54 Å². The maximum Gasteiger partial charge on any atom is 0.267 e. The number of H-pyrrole nitrogens is 1. The molecular formula is C25H27N3O4. The Morgan fingerprint density at radius 3 is 2.59 bits per heavy atom. The molecule has 2 aliphatic heterocycles. The van der Waals surface area contributed by atoms with Crippen molar-refractivity contribution in [3.05, 3.63) is 59.8 Å². The number of amides is 1. The van der Waals surface area contributed by atoms with Crippen molar-refractivity contribution in [2.75, 3.05) is 39.3 Å². The maximum atomic E-state index is 13.0. The van der Waals surface area contributed by atoms with Crippen LogP contribution in [0, 0.1) is 0 Å². The number of carbonyl (C=O) groups is 2. The van der Waals surface area contributed by atoms with Crippen molar-refractivity contribution in [3.63, 3.8) is 0 Å². The summed E-state index contributed by atoms with van der Waals surface area (Å²) >= 11 is 0. The quantitative estimate of drug-likeness (QED) is 0.627. The molecule has 2 aromatic carbocycles. The van der Waals surface area contributed by atoms with E-state index in [1.807, 2.05) is 47.5 Å². The lowest BCUT2D eigenvalue weighted by molar-refractivity contribution is -0.142. The van der Waals surface area contributed by atoms with Crippen molar-refractivity contribution in [3.8, 4) is 11.5 Å². The van der Waals surface area contributed by atoms with Crippen molar-refractivity contribution in [1.82, 2.24) is 14.8 Å². The largest absolute Gasteiger partial charge is 0.485 e. The van der Waals surface area contributed by atoms with E-state index in [1.54, 1.807) is 0 Å². The van der Waals surface area contributed by atoms with Crippen molar-refractivity contribution in [1.29, 1.82) is 0 Å². The second-order valence-corrected chi connectivity index (χ2v) is 8.28. The Morgan fingerprint density at radius 2 is 1.81 bits per heavy atom. The van der Waals surface area contributed by atoms with Gasteiger partial charge in [-0.25, -0.2) is 0 Å². The van der Waals surface area contributed by atoms with Gasteiger partial charge in [0.15, 0.2) is 17.3 Å². The molecule has 166 valence electrons. The molecule has 2 aliphatic rings. The van der Waals surface area contributed by atoms with Crippen LogP contribution < -0.4 is 9.47 Å². The summed E-state index contributed by atoms with van der Waals surface area (Å²) in [7, 11) is 0. The number of nitrogens with zero attached hydrogens (tertiary/aromatic N) is 2. The lowest BCUT2D eigenvalue weighted by atomic mass is 10.0. The first kappa shape index (κ1) is 20.6. The molecule has 0 bridgehead atoms. The summed E-state index contributed by atoms with van der Waals surface area (Å²) in [5.74, 6) is 1.31. The molecule has 1 saturated heterocycles. The summed E-state index contributed by atoms with van der Waals surface area (Å²) < 4.78 is 11.5. The normalized spacial score (nSPS) is 18.7. The van der Waals surface area contributed by atoms with Crippen LogP contribution in [0.3, 0.4) is 0 Å². The number of nitrogens with one attached hydrogen (secondary N) is 1. The van der Waals surface area contributed by atoms with Gasteiger partial charge in [0, 0.05) is 48.8 Å². The number of para-hydroxylation sites is 3. The fourth-order valence-electron chi connectivity index (χ4n) is 4.50. The molecule has 0 aliphatic carbocycles. The highest BCUT2D eigenvalue weighted by Gasteiger charge is 2.33. The number of fused-ring (bicyclic) bond motifs is 2. The molecule has 32 heavy (non-hydrogen) atoms. The fourth-order valence-corrected chi connectivity index (χ4v) is 4.50. The van der Waals surface area contributed by atoms with E-state index in [0.29, 0.717) is 44.2 Å². The number of aromatic nitrogens is 1. The molecule has 1 atom stereocenters. The van der Waals surface area contributed by atoms with Gasteiger partial charge in [0.1, 0.15) is 6.61 Å². The average Bonchev–Trinajstić information content (AvgIpc) is 3.28. The number of hydrogen-bond acceptors (Lipinski definition) is 5. The molecule has 1 amide bonds. The number of benzene rings is 2. The second kappa shape index (κ2) is 8.67. The molecule has 7 nitrogen and oxygen atoms in total. The smallest absolute Gasteiger partial charge is 0.267 e. The van der Waals surface area contributed by atoms with Gasteiger partial charge >= 0.3 is 0 Å². The standard InChI is InChI=1S/C25H27N3O4/c1-2-17-6-5-7-18-19(14-26-24(17)18)20(29)15-27-10-12-28(13-11-27)25(30)23-16-31-21-8-3-4-9-22(21)32-23/h3-9,14,23,26H,2,10-13,15-16H2,1H3/t23-/m1/s1. The van der Waals surface area contributed by atoms with Crippen LogP contribution in [0.25, 0.3) is 10.9 Å². The molecule has 3 heterocycles. The van der Waals surface area contributed by atoms with Gasteiger partial charge in [0.2, 0.25) is 6.10 Å². The highest BCUT2D eigenvalue weighted by molar-refractivity contribution is 6.09. The van der Waals surface area contributed by atoms with Crippen LogP contribution in [-0.2, 0) is 11.2 Å². The Labute approximate surface area is 186 Å². The van der Waals surface area contributed by atoms with Gasteiger partial charge in [-0.1, -0.05) is 37.3 Å². The molecule has 0 saturated carbocycles. The van der Waals surface area contributed by atoms with Crippen molar-refractivity contribution < 1.29 is 19.1 Å². The van der Waals surface area contributed by atoms with E-state index in [4.69, 9.17) is 9.47 Å².